The summed E-state index contributed by atoms with van der Waals surface area (Å²) in [6.45, 7) is 3.98. The van der Waals surface area contributed by atoms with E-state index in [2.05, 4.69) is 14.9 Å². The van der Waals surface area contributed by atoms with Crippen LogP contribution >= 0.6 is 11.6 Å². The van der Waals surface area contributed by atoms with Gasteiger partial charge in [0.15, 0.2) is 0 Å². The van der Waals surface area contributed by atoms with Gasteiger partial charge in [0.25, 0.3) is 0 Å². The first kappa shape index (κ1) is 9.71. The van der Waals surface area contributed by atoms with E-state index in [0.29, 0.717) is 5.38 Å². The fraction of sp³-hybridized carbons (Fsp3) is 0.600. The maximum atomic E-state index is 6.05. The molecule has 4 heteroatoms. The summed E-state index contributed by atoms with van der Waals surface area (Å²) in [5.74, 6) is 1.01. The van der Waals surface area contributed by atoms with Gasteiger partial charge < -0.3 is 4.90 Å². The molecule has 0 N–H and O–H groups in total. The van der Waals surface area contributed by atoms with E-state index in [1.54, 1.807) is 12.4 Å². The van der Waals surface area contributed by atoms with Crippen molar-refractivity contribution in [3.8, 4) is 0 Å². The molecule has 1 saturated heterocycles. The molecule has 0 aliphatic carbocycles. The molecule has 2 heterocycles. The number of hydrogen-bond acceptors (Lipinski definition) is 3. The molecule has 1 aromatic rings. The summed E-state index contributed by atoms with van der Waals surface area (Å²) < 4.78 is 0. The summed E-state index contributed by atoms with van der Waals surface area (Å²) in [5, 5.41) is 0.336. The zero-order chi connectivity index (χ0) is 9.97. The third-order valence-corrected chi connectivity index (χ3v) is 3.02. The van der Waals surface area contributed by atoms with Crippen LogP contribution < -0.4 is 4.90 Å². The van der Waals surface area contributed by atoms with Crippen molar-refractivity contribution in [2.45, 2.75) is 25.1 Å². The van der Waals surface area contributed by atoms with Gasteiger partial charge in [-0.15, -0.1) is 11.6 Å². The lowest BCUT2D eigenvalue weighted by atomic mass is 10.1. The Morgan fingerprint density at radius 2 is 1.93 bits per heavy atom. The monoisotopic (exact) mass is 211 g/mol. The summed E-state index contributed by atoms with van der Waals surface area (Å²) in [5.41, 5.74) is 1.00. The number of rotatable bonds is 1. The Hall–Kier alpha value is -0.830. The van der Waals surface area contributed by atoms with E-state index in [4.69, 9.17) is 11.6 Å². The molecule has 1 aromatic heterocycles. The number of nitrogens with zero attached hydrogens (tertiary/aromatic N) is 3. The first-order valence-electron chi connectivity index (χ1n) is 4.94. The van der Waals surface area contributed by atoms with Crippen LogP contribution in [0.4, 0.5) is 5.82 Å². The molecule has 76 valence electrons. The van der Waals surface area contributed by atoms with E-state index in [1.807, 2.05) is 6.92 Å². The summed E-state index contributed by atoms with van der Waals surface area (Å²) >= 11 is 6.05. The van der Waals surface area contributed by atoms with Crippen molar-refractivity contribution in [3.05, 3.63) is 18.1 Å². The van der Waals surface area contributed by atoms with Crippen molar-refractivity contribution >= 4 is 17.4 Å². The van der Waals surface area contributed by atoms with Crippen LogP contribution in [0.5, 0.6) is 0 Å². The summed E-state index contributed by atoms with van der Waals surface area (Å²) in [6, 6.07) is 0. The summed E-state index contributed by atoms with van der Waals surface area (Å²) in [6.07, 6.45) is 5.55. The number of aromatic nitrogens is 2. The third kappa shape index (κ3) is 1.98. The lowest BCUT2D eigenvalue weighted by Crippen LogP contribution is -2.35. The second kappa shape index (κ2) is 4.13. The van der Waals surface area contributed by atoms with Crippen LogP contribution in [0.15, 0.2) is 12.4 Å². The number of piperidine rings is 1. The normalized spacial score (nSPS) is 18.6. The van der Waals surface area contributed by atoms with Crippen LogP contribution in [0.3, 0.4) is 0 Å². The molecule has 1 aliphatic rings. The van der Waals surface area contributed by atoms with Crippen molar-refractivity contribution in [1.29, 1.82) is 0 Å². The van der Waals surface area contributed by atoms with Gasteiger partial charge in [-0.2, -0.15) is 0 Å². The smallest absolute Gasteiger partial charge is 0.150 e. The Morgan fingerprint density at radius 1 is 1.29 bits per heavy atom. The van der Waals surface area contributed by atoms with Gasteiger partial charge >= 0.3 is 0 Å². The predicted octanol–water partition coefficient (Wildman–Crippen LogP) is 1.99. The fourth-order valence-corrected chi connectivity index (χ4v) is 1.97. The van der Waals surface area contributed by atoms with E-state index in [9.17, 15) is 0 Å². The number of halogens is 1. The van der Waals surface area contributed by atoms with Crippen molar-refractivity contribution in [2.24, 2.45) is 0 Å². The Balaban J connectivity index is 2.12. The Bertz CT molecular complexity index is 308. The number of hydrogen-bond donors (Lipinski definition) is 0. The predicted molar refractivity (Wildman–Crippen MR) is 57.9 cm³/mol. The van der Waals surface area contributed by atoms with Gasteiger partial charge in [-0.25, -0.2) is 4.98 Å². The van der Waals surface area contributed by atoms with Gasteiger partial charge in [-0.3, -0.25) is 4.98 Å². The van der Waals surface area contributed by atoms with Gasteiger partial charge in [-0.1, -0.05) is 0 Å². The zero-order valence-corrected chi connectivity index (χ0v) is 9.04. The molecular formula is C10H14ClN3. The van der Waals surface area contributed by atoms with E-state index in [-0.39, 0.29) is 0 Å². The zero-order valence-electron chi connectivity index (χ0n) is 8.28. The molecule has 0 spiro atoms. The molecule has 0 aromatic carbocycles. The topological polar surface area (TPSA) is 29.0 Å². The average molecular weight is 212 g/mol. The standard InChI is InChI=1S/C10H14ClN3/c1-8-10(13-5-4-12-8)14-6-2-9(11)3-7-14/h4-5,9H,2-3,6-7H2,1H3. The average Bonchev–Trinajstić information content (AvgIpc) is 2.20. The largest absolute Gasteiger partial charge is 0.355 e. The Morgan fingerprint density at radius 3 is 2.57 bits per heavy atom. The Kier molecular flexibility index (Phi) is 2.87. The van der Waals surface area contributed by atoms with Crippen LogP contribution in [0.2, 0.25) is 0 Å². The van der Waals surface area contributed by atoms with Crippen LogP contribution in [0.25, 0.3) is 0 Å². The minimum absolute atomic E-state index is 0.336. The molecule has 14 heavy (non-hydrogen) atoms. The van der Waals surface area contributed by atoms with Crippen molar-refractivity contribution in [2.75, 3.05) is 18.0 Å². The van der Waals surface area contributed by atoms with Gasteiger partial charge in [0.2, 0.25) is 0 Å². The first-order valence-corrected chi connectivity index (χ1v) is 5.37. The van der Waals surface area contributed by atoms with Crippen LogP contribution in [-0.4, -0.2) is 28.4 Å². The number of alkyl halides is 1. The van der Waals surface area contributed by atoms with Gasteiger partial charge in [-0.05, 0) is 19.8 Å². The fourth-order valence-electron chi connectivity index (χ4n) is 1.77. The highest BCUT2D eigenvalue weighted by Gasteiger charge is 2.19. The maximum Gasteiger partial charge on any atom is 0.150 e. The SMILES string of the molecule is Cc1nccnc1N1CCC(Cl)CC1. The minimum Gasteiger partial charge on any atom is -0.355 e. The van der Waals surface area contributed by atoms with Crippen molar-refractivity contribution in [3.63, 3.8) is 0 Å². The lowest BCUT2D eigenvalue weighted by Gasteiger charge is -2.30. The van der Waals surface area contributed by atoms with E-state index in [1.165, 1.54) is 0 Å². The first-order chi connectivity index (χ1) is 6.77. The lowest BCUT2D eigenvalue weighted by molar-refractivity contribution is 0.578. The van der Waals surface area contributed by atoms with Crippen LogP contribution in [0, 0.1) is 6.92 Å². The highest BCUT2D eigenvalue weighted by atomic mass is 35.5. The van der Waals surface area contributed by atoms with E-state index < -0.39 is 0 Å². The molecule has 0 atom stereocenters. The van der Waals surface area contributed by atoms with Gasteiger partial charge in [0.1, 0.15) is 5.82 Å². The molecule has 0 bridgehead atoms. The summed E-state index contributed by atoms with van der Waals surface area (Å²) in [7, 11) is 0. The molecule has 0 unspecified atom stereocenters. The van der Waals surface area contributed by atoms with Gasteiger partial charge in [0, 0.05) is 30.9 Å². The van der Waals surface area contributed by atoms with E-state index in [0.717, 1.165) is 37.4 Å². The molecule has 1 aliphatic heterocycles. The minimum atomic E-state index is 0.336. The highest BCUT2D eigenvalue weighted by Crippen LogP contribution is 2.21. The molecular weight excluding hydrogens is 198 g/mol. The maximum absolute atomic E-state index is 6.05. The molecule has 0 radical (unpaired) electrons. The highest BCUT2D eigenvalue weighted by molar-refractivity contribution is 6.20. The van der Waals surface area contributed by atoms with E-state index >= 15 is 0 Å². The molecule has 0 amide bonds. The van der Waals surface area contributed by atoms with Crippen LogP contribution in [-0.2, 0) is 0 Å². The van der Waals surface area contributed by atoms with Gasteiger partial charge in [0.05, 0.1) is 5.69 Å². The third-order valence-electron chi connectivity index (χ3n) is 2.58. The second-order valence-corrected chi connectivity index (χ2v) is 4.24. The quantitative estimate of drug-likeness (QED) is 0.666. The Labute approximate surface area is 89.1 Å². The van der Waals surface area contributed by atoms with Crippen molar-refractivity contribution < 1.29 is 0 Å². The number of aryl methyl sites for hydroxylation is 1. The number of anilines is 1. The summed E-state index contributed by atoms with van der Waals surface area (Å²) in [4.78, 5) is 10.8. The molecule has 1 fully saturated rings. The van der Waals surface area contributed by atoms with Crippen LogP contribution in [0.1, 0.15) is 18.5 Å². The van der Waals surface area contributed by atoms with Crippen molar-refractivity contribution in [1.82, 2.24) is 9.97 Å². The molecule has 0 saturated carbocycles. The molecule has 3 nitrogen and oxygen atoms in total. The second-order valence-electron chi connectivity index (χ2n) is 3.63. The molecule has 2 rings (SSSR count).